The van der Waals surface area contributed by atoms with Gasteiger partial charge in [0, 0.05) is 6.07 Å². The van der Waals surface area contributed by atoms with Gasteiger partial charge in [0.15, 0.2) is 5.78 Å². The van der Waals surface area contributed by atoms with Crippen LogP contribution in [0.25, 0.3) is 6.08 Å². The molecule has 0 saturated heterocycles. The highest BCUT2D eigenvalue weighted by molar-refractivity contribution is 6.08. The zero-order valence-corrected chi connectivity index (χ0v) is 11.2. The summed E-state index contributed by atoms with van der Waals surface area (Å²) in [6.45, 7) is 3.49. The second-order valence-corrected chi connectivity index (χ2v) is 4.51. The lowest BCUT2D eigenvalue weighted by Crippen LogP contribution is -2.12. The lowest BCUT2D eigenvalue weighted by molar-refractivity contribution is 0.104. The first-order valence-electron chi connectivity index (χ1n) is 6.10. The maximum Gasteiger partial charge on any atom is 0.351 e. The van der Waals surface area contributed by atoms with Gasteiger partial charge in [-0.15, -0.1) is 0 Å². The largest absolute Gasteiger partial charge is 0.507 e. The van der Waals surface area contributed by atoms with Crippen LogP contribution in [0, 0.1) is 13.8 Å². The molecule has 1 heterocycles. The molecule has 4 nitrogen and oxygen atoms in total. The van der Waals surface area contributed by atoms with E-state index < -0.39 is 11.4 Å². The summed E-state index contributed by atoms with van der Waals surface area (Å²) in [5.74, 6) is -0.694. The highest BCUT2D eigenvalue weighted by Crippen LogP contribution is 2.16. The first-order chi connectivity index (χ1) is 9.47. The van der Waals surface area contributed by atoms with Gasteiger partial charge < -0.3 is 9.52 Å². The predicted molar refractivity (Wildman–Crippen MR) is 75.9 cm³/mol. The standard InChI is InChI=1S/C16H14O4/c1-10-3-5-12(6-4-10)7-8-13(17)15-14(18)9-11(2)20-16(15)19/h3-9,18H,1-2H3/b8-7-. The van der Waals surface area contributed by atoms with Crippen LogP contribution in [-0.4, -0.2) is 10.9 Å². The van der Waals surface area contributed by atoms with E-state index >= 15 is 0 Å². The quantitative estimate of drug-likeness (QED) is 0.688. The Hall–Kier alpha value is -2.62. The average molecular weight is 270 g/mol. The molecule has 20 heavy (non-hydrogen) atoms. The molecule has 0 aliphatic heterocycles. The van der Waals surface area contributed by atoms with Gasteiger partial charge in [-0.25, -0.2) is 4.79 Å². The molecule has 0 spiro atoms. The van der Waals surface area contributed by atoms with Crippen LogP contribution in [0.1, 0.15) is 27.2 Å². The second-order valence-electron chi connectivity index (χ2n) is 4.51. The molecule has 2 aromatic rings. The van der Waals surface area contributed by atoms with Crippen molar-refractivity contribution in [2.75, 3.05) is 0 Å². The van der Waals surface area contributed by atoms with E-state index in [1.54, 1.807) is 6.08 Å². The molecule has 0 aliphatic carbocycles. The van der Waals surface area contributed by atoms with Gasteiger partial charge in [0.05, 0.1) is 0 Å². The molecule has 0 fully saturated rings. The van der Waals surface area contributed by atoms with Crippen LogP contribution >= 0.6 is 0 Å². The third kappa shape index (κ3) is 3.03. The van der Waals surface area contributed by atoms with Crippen molar-refractivity contribution in [2.24, 2.45) is 0 Å². The number of aromatic hydroxyl groups is 1. The smallest absolute Gasteiger partial charge is 0.351 e. The molecule has 0 unspecified atom stereocenters. The van der Waals surface area contributed by atoms with Gasteiger partial charge in [-0.3, -0.25) is 4.79 Å². The lowest BCUT2D eigenvalue weighted by atomic mass is 10.1. The molecular weight excluding hydrogens is 256 g/mol. The number of aryl methyl sites for hydroxylation is 2. The minimum atomic E-state index is -0.832. The van der Waals surface area contributed by atoms with Gasteiger partial charge in [0.25, 0.3) is 0 Å². The van der Waals surface area contributed by atoms with Crippen LogP contribution in [0.3, 0.4) is 0 Å². The van der Waals surface area contributed by atoms with Crippen LogP contribution in [0.5, 0.6) is 5.75 Å². The van der Waals surface area contributed by atoms with E-state index in [1.165, 1.54) is 19.1 Å². The van der Waals surface area contributed by atoms with Gasteiger partial charge >= 0.3 is 5.63 Å². The molecule has 102 valence electrons. The van der Waals surface area contributed by atoms with Gasteiger partial charge in [0.2, 0.25) is 0 Å². The van der Waals surface area contributed by atoms with E-state index in [9.17, 15) is 14.7 Å². The number of rotatable bonds is 3. The predicted octanol–water partition coefficient (Wildman–Crippen LogP) is 2.86. The minimum Gasteiger partial charge on any atom is -0.507 e. The highest BCUT2D eigenvalue weighted by atomic mass is 16.4. The molecule has 1 N–H and O–H groups in total. The average Bonchev–Trinajstić information content (AvgIpc) is 2.37. The van der Waals surface area contributed by atoms with Crippen molar-refractivity contribution in [3.8, 4) is 5.75 Å². The Morgan fingerprint density at radius 1 is 1.20 bits per heavy atom. The summed E-state index contributed by atoms with van der Waals surface area (Å²) in [5.41, 5.74) is 0.769. The Balaban J connectivity index is 2.29. The second kappa shape index (κ2) is 5.57. The van der Waals surface area contributed by atoms with Crippen molar-refractivity contribution in [3.05, 3.63) is 69.3 Å². The Kier molecular flexibility index (Phi) is 3.84. The van der Waals surface area contributed by atoms with Crippen molar-refractivity contribution in [1.82, 2.24) is 0 Å². The van der Waals surface area contributed by atoms with Crippen LogP contribution in [0.4, 0.5) is 0 Å². The maximum absolute atomic E-state index is 11.9. The van der Waals surface area contributed by atoms with E-state index in [4.69, 9.17) is 4.42 Å². The van der Waals surface area contributed by atoms with Crippen LogP contribution in [0.15, 0.2) is 45.6 Å². The number of carbonyl (C=O) groups excluding carboxylic acids is 1. The van der Waals surface area contributed by atoms with Crippen molar-refractivity contribution in [3.63, 3.8) is 0 Å². The number of carbonyl (C=O) groups is 1. The van der Waals surface area contributed by atoms with Gasteiger partial charge in [-0.1, -0.05) is 35.9 Å². The molecule has 0 radical (unpaired) electrons. The summed E-state index contributed by atoms with van der Waals surface area (Å²) in [4.78, 5) is 23.5. The highest BCUT2D eigenvalue weighted by Gasteiger charge is 2.15. The molecule has 0 aliphatic rings. The molecule has 1 aromatic carbocycles. The maximum atomic E-state index is 11.9. The van der Waals surface area contributed by atoms with E-state index in [2.05, 4.69) is 0 Å². The summed E-state index contributed by atoms with van der Waals surface area (Å²) in [5, 5.41) is 9.66. The SMILES string of the molecule is Cc1ccc(/C=C\C(=O)c2c(O)cc(C)oc2=O)cc1. The number of hydrogen-bond acceptors (Lipinski definition) is 4. The monoisotopic (exact) mass is 270 g/mol. The van der Waals surface area contributed by atoms with Crippen molar-refractivity contribution < 1.29 is 14.3 Å². The lowest BCUT2D eigenvalue weighted by Gasteiger charge is -2.00. The Labute approximate surface area is 116 Å². The molecule has 0 saturated carbocycles. The molecule has 0 amide bonds. The van der Waals surface area contributed by atoms with Crippen molar-refractivity contribution in [1.29, 1.82) is 0 Å². The van der Waals surface area contributed by atoms with Gasteiger partial charge in [0.1, 0.15) is 17.1 Å². The molecule has 0 atom stereocenters. The molecular formula is C16H14O4. The summed E-state index contributed by atoms with van der Waals surface area (Å²) in [6, 6.07) is 8.80. The molecule has 2 rings (SSSR count). The fourth-order valence-electron chi connectivity index (χ4n) is 1.76. The fourth-order valence-corrected chi connectivity index (χ4v) is 1.76. The molecule has 1 aromatic heterocycles. The first kappa shape index (κ1) is 13.8. The fraction of sp³-hybridized carbons (Fsp3) is 0.125. The zero-order valence-electron chi connectivity index (χ0n) is 11.2. The number of benzene rings is 1. The topological polar surface area (TPSA) is 67.5 Å². The summed E-state index contributed by atoms with van der Waals surface area (Å²) >= 11 is 0. The third-order valence-corrected chi connectivity index (χ3v) is 2.80. The summed E-state index contributed by atoms with van der Waals surface area (Å²) in [6.07, 6.45) is 2.83. The number of hydrogen-bond donors (Lipinski definition) is 1. The van der Waals surface area contributed by atoms with Crippen molar-refractivity contribution in [2.45, 2.75) is 13.8 Å². The van der Waals surface area contributed by atoms with Gasteiger partial charge in [-0.05, 0) is 25.5 Å². The molecule has 4 heteroatoms. The Bertz CT molecular complexity index is 721. The first-order valence-corrected chi connectivity index (χ1v) is 6.10. The third-order valence-electron chi connectivity index (χ3n) is 2.80. The molecule has 0 bridgehead atoms. The van der Waals surface area contributed by atoms with Gasteiger partial charge in [-0.2, -0.15) is 0 Å². The van der Waals surface area contributed by atoms with Crippen LogP contribution < -0.4 is 5.63 Å². The van der Waals surface area contributed by atoms with E-state index in [0.29, 0.717) is 0 Å². The van der Waals surface area contributed by atoms with E-state index in [0.717, 1.165) is 11.1 Å². The Morgan fingerprint density at radius 2 is 1.85 bits per heavy atom. The zero-order chi connectivity index (χ0) is 14.7. The van der Waals surface area contributed by atoms with Crippen LogP contribution in [-0.2, 0) is 0 Å². The number of ketones is 1. The summed E-state index contributed by atoms with van der Waals surface area (Å²) in [7, 11) is 0. The number of allylic oxidation sites excluding steroid dienone is 1. The van der Waals surface area contributed by atoms with Crippen molar-refractivity contribution >= 4 is 11.9 Å². The van der Waals surface area contributed by atoms with Crippen LogP contribution in [0.2, 0.25) is 0 Å². The normalized spacial score (nSPS) is 10.9. The summed E-state index contributed by atoms with van der Waals surface area (Å²) < 4.78 is 4.81. The van der Waals surface area contributed by atoms with E-state index in [-0.39, 0.29) is 17.1 Å². The minimum absolute atomic E-state index is 0.256. The van der Waals surface area contributed by atoms with E-state index in [1.807, 2.05) is 31.2 Å². The Morgan fingerprint density at radius 3 is 2.45 bits per heavy atom.